The third-order valence-electron chi connectivity index (χ3n) is 22.5. The number of fused-ring (bicyclic) bond motifs is 6. The maximum absolute atomic E-state index is 14.4. The van der Waals surface area contributed by atoms with Crippen molar-refractivity contribution in [3.63, 3.8) is 0 Å². The summed E-state index contributed by atoms with van der Waals surface area (Å²) in [6.45, 7) is 15.6. The van der Waals surface area contributed by atoms with E-state index in [2.05, 4.69) is 0 Å². The van der Waals surface area contributed by atoms with Crippen molar-refractivity contribution in [2.45, 2.75) is 80.3 Å². The van der Waals surface area contributed by atoms with Crippen molar-refractivity contribution in [1.29, 1.82) is 0 Å². The van der Waals surface area contributed by atoms with Gasteiger partial charge in [0.05, 0.1) is 199 Å². The van der Waals surface area contributed by atoms with Gasteiger partial charge >= 0.3 is 35.8 Å². The maximum Gasteiger partial charge on any atom is 0.345 e. The molecule has 0 fully saturated rings. The van der Waals surface area contributed by atoms with Crippen molar-refractivity contribution < 1.29 is 190 Å². The van der Waals surface area contributed by atoms with Gasteiger partial charge in [0.15, 0.2) is 13.1 Å². The molecule has 3 aromatic heterocycles. The highest BCUT2D eigenvalue weighted by Crippen LogP contribution is 2.39. The molecule has 3 N–H and O–H groups in total. The number of esters is 3. The fraction of sp³-hybridized carbons (Fsp3) is 0.382. The molecule has 0 aliphatic rings. The molecule has 0 aliphatic carbocycles. The number of carboxylic acid groups (broad SMARTS) is 3. The Hall–Kier alpha value is -13.1. The first-order valence-electron chi connectivity index (χ1n) is 46.1. The second kappa shape index (κ2) is 54.6. The van der Waals surface area contributed by atoms with Gasteiger partial charge in [-0.25, -0.2) is 62.4 Å². The Morgan fingerprint density at radius 2 is 0.469 bits per heavy atom. The highest BCUT2D eigenvalue weighted by atomic mass is 32.2. The number of hydrogen-bond acceptors (Lipinski definition) is 35. The lowest BCUT2D eigenvalue weighted by Gasteiger charge is -2.16. The Balaban J connectivity index is 0.000000226. The van der Waals surface area contributed by atoms with Crippen molar-refractivity contribution in [2.24, 2.45) is 7.05 Å². The topological polar surface area (TPSA) is 560 Å². The molecule has 3 heterocycles. The molecule has 41 nitrogen and oxygen atoms in total. The van der Waals surface area contributed by atoms with Crippen LogP contribution in [0.1, 0.15) is 121 Å². The van der Waals surface area contributed by atoms with Crippen LogP contribution in [0.2, 0.25) is 0 Å². The van der Waals surface area contributed by atoms with Gasteiger partial charge < -0.3 is 114 Å². The first-order chi connectivity index (χ1) is 69.9. The summed E-state index contributed by atoms with van der Waals surface area (Å²) in [6, 6.07) is 39.0. The fourth-order valence-electron chi connectivity index (χ4n) is 16.0. The molecular weight excluding hydrogens is 2000 g/mol. The Bertz CT molecular complexity index is 6940. The molecule has 792 valence electrons. The molecule has 12 rings (SSSR count). The van der Waals surface area contributed by atoms with E-state index in [1.54, 1.807) is 123 Å². The molecule has 0 saturated heterocycles. The van der Waals surface area contributed by atoms with Crippen LogP contribution in [0.3, 0.4) is 0 Å². The highest BCUT2D eigenvalue weighted by Gasteiger charge is 2.33. The minimum atomic E-state index is -4.58. The zero-order chi connectivity index (χ0) is 107. The van der Waals surface area contributed by atoms with Crippen LogP contribution in [0.25, 0.3) is 65.4 Å². The summed E-state index contributed by atoms with van der Waals surface area (Å²) in [4.78, 5) is 77.5. The second-order valence-electron chi connectivity index (χ2n) is 33.4. The van der Waals surface area contributed by atoms with Crippen LogP contribution < -0.4 is 56.3 Å². The van der Waals surface area contributed by atoms with Crippen molar-refractivity contribution in [3.05, 3.63) is 212 Å². The van der Waals surface area contributed by atoms with E-state index in [1.165, 1.54) is 60.7 Å². The standard InChI is InChI=1S/C36H43NO13S.C34H39NO10.C32H35NO15S3/c1-24-20-26(35(38)39)21-25(2)34(24)50-36(40)33-29-22-27(48-17-15-46-13-11-44-3)6-8-31(29)37(10-5-19-51(41,42)43)32-9-7-28(23-30(32)33)49-18-16-47-14-12-45-4;1-22-18-24(33(36)37)19-23(2)32(22)45-34(38)31-27-20-25(43-16-14-41-12-10-39-4)6-8-29(27)35(3)30-9-7-26(21-28(30)31)44-17-15-42-13-11-40-5;1-20-16-22(31(34)35)17-21(2)30(20)48-32(36)29-25-18-23(46-11-4-14-50(40,41)42)6-8-27(25)33(10-3-13-49(37,38)39)28-9-7-24(19-26(28)29)47-12-5-15-51(43,44)45/h6-9,20-23H,5,10-19H2,1-4H3,(H-,38,39,41,42,43);6-9,18-21H,10-17H2,1-5H3;6-9,16-19H,3-5,10-15H2,1-2H3,(H3-,34,35,37,38,39,40,41,42,43,44,45)/p-1. The van der Waals surface area contributed by atoms with Crippen molar-refractivity contribution in [2.75, 3.05) is 170 Å². The van der Waals surface area contributed by atoms with Gasteiger partial charge in [0.2, 0.25) is 33.1 Å². The van der Waals surface area contributed by atoms with E-state index in [4.69, 9.17) is 80.5 Å². The van der Waals surface area contributed by atoms with E-state index in [0.29, 0.717) is 204 Å². The number of carbonyl (C=O) groups excluding carboxylic acids is 3. The molecule has 9 aromatic carbocycles. The SMILES string of the molecule is COCCOCCOc1ccc2c(c1)c(C(=O)Oc1c(C)cc(C(=O)O)cc1C)c1cc(OCCOCCOC)ccc1[n+]2C.COCCOCCOc1ccc2c(c1)c(C(=O)Oc1c(C)cc(C(=O)O)cc1C)c1cc(OCCOCCOC)ccc1[n+]2CCCS(=O)(=O)[O-].Cc1cc(C(=O)O)cc(C)c1OC(=O)c1c2cc(OCCCS(=O)(=O)[O-])ccc2[n+](CCCS(=O)(=O)[O-])c2ccc(OCCCS(=O)(=O)[O-])cc12. The number of nitrogens with zero attached hydrogens (tertiary/aromatic N) is 3. The monoisotopic (exact) mass is 2120 g/mol. The lowest BCUT2D eigenvalue weighted by Crippen LogP contribution is -2.37. The van der Waals surface area contributed by atoms with Crippen LogP contribution in [0.5, 0.6) is 51.7 Å². The molecule has 0 radical (unpaired) electrons. The van der Waals surface area contributed by atoms with Crippen LogP contribution in [-0.2, 0) is 98.5 Å². The number of aromatic nitrogens is 3. The lowest BCUT2D eigenvalue weighted by molar-refractivity contribution is -0.645. The van der Waals surface area contributed by atoms with Crippen LogP contribution in [0.4, 0.5) is 0 Å². The van der Waals surface area contributed by atoms with E-state index >= 15 is 0 Å². The number of benzene rings is 9. The average molecular weight is 2120 g/mol. The average Bonchev–Trinajstić information content (AvgIpc) is 0.747. The maximum atomic E-state index is 14.4. The van der Waals surface area contributed by atoms with Gasteiger partial charge in [-0.05, 0) is 197 Å². The number of carboxylic acids is 3. The van der Waals surface area contributed by atoms with Gasteiger partial charge in [0.25, 0.3) is 0 Å². The molecule has 147 heavy (non-hydrogen) atoms. The van der Waals surface area contributed by atoms with Crippen LogP contribution in [0, 0.1) is 41.5 Å². The van der Waals surface area contributed by atoms with Gasteiger partial charge in [-0.1, -0.05) is 0 Å². The van der Waals surface area contributed by atoms with E-state index in [0.717, 1.165) is 11.0 Å². The molecule has 0 aliphatic heterocycles. The summed E-state index contributed by atoms with van der Waals surface area (Å²) in [6.07, 6.45) is -0.339. The van der Waals surface area contributed by atoms with E-state index in [9.17, 15) is 96.0 Å². The molecule has 0 spiro atoms. The predicted octanol–water partition coefficient (Wildman–Crippen LogP) is 10.6. The Kier molecular flexibility index (Phi) is 43.0. The van der Waals surface area contributed by atoms with Crippen LogP contribution in [-0.4, -0.2) is 273 Å². The zero-order valence-electron chi connectivity index (χ0n) is 82.8. The molecule has 0 unspecified atom stereocenters. The van der Waals surface area contributed by atoms with Gasteiger partial charge in [0, 0.05) is 101 Å². The molecule has 0 amide bonds. The number of ether oxygens (including phenoxy) is 17. The first-order valence-corrected chi connectivity index (χ1v) is 52.5. The largest absolute Gasteiger partial charge is 0.748 e. The van der Waals surface area contributed by atoms with E-state index in [1.807, 2.05) is 52.6 Å². The molecular formula is C102H116N3O38S4-. The number of methoxy groups -OCH3 is 4. The third kappa shape index (κ3) is 34.0. The summed E-state index contributed by atoms with van der Waals surface area (Å²) in [5, 5.41) is 31.0. The summed E-state index contributed by atoms with van der Waals surface area (Å²) in [7, 11) is -9.74. The van der Waals surface area contributed by atoms with Crippen molar-refractivity contribution in [3.8, 4) is 51.7 Å². The number of rotatable bonds is 55. The predicted molar refractivity (Wildman–Crippen MR) is 530 cm³/mol. The normalized spacial score (nSPS) is 11.7. The quantitative estimate of drug-likeness (QED) is 0.00796. The molecule has 0 atom stereocenters. The smallest absolute Gasteiger partial charge is 0.345 e. The first kappa shape index (κ1) is 116. The number of aromatic carboxylic acids is 3. The van der Waals surface area contributed by atoms with Gasteiger partial charge in [-0.2, -0.15) is 13.7 Å². The number of pyridine rings is 3. The summed E-state index contributed by atoms with van der Waals surface area (Å²) in [5.74, 6) is -5.28. The number of carbonyl (C=O) groups is 6. The number of aryl methyl sites for hydroxylation is 9. The molecule has 12 aromatic rings. The Morgan fingerprint density at radius 1 is 0.272 bits per heavy atom. The molecule has 0 bridgehead atoms. The summed E-state index contributed by atoms with van der Waals surface area (Å²) < 4.78 is 236. The second-order valence-corrected chi connectivity index (χ2v) is 39.5. The van der Waals surface area contributed by atoms with Gasteiger partial charge in [-0.3, -0.25) is 0 Å². The van der Waals surface area contributed by atoms with E-state index in [-0.39, 0.29) is 127 Å². The Labute approximate surface area is 848 Å². The fourth-order valence-corrected chi connectivity index (χ4v) is 17.9. The third-order valence-corrected chi connectivity index (χ3v) is 25.7. The van der Waals surface area contributed by atoms with Crippen LogP contribution >= 0.6 is 0 Å². The van der Waals surface area contributed by atoms with Gasteiger partial charge in [-0.15, -0.1) is 0 Å². The molecule has 45 heteroatoms. The van der Waals surface area contributed by atoms with E-state index < -0.39 is 99.3 Å². The summed E-state index contributed by atoms with van der Waals surface area (Å²) >= 11 is 0. The highest BCUT2D eigenvalue weighted by molar-refractivity contribution is 7.86. The van der Waals surface area contributed by atoms with Crippen molar-refractivity contribution in [1.82, 2.24) is 0 Å². The van der Waals surface area contributed by atoms with Crippen molar-refractivity contribution >= 4 is 142 Å². The minimum absolute atomic E-state index is 0.0121. The molecule has 0 saturated carbocycles. The number of hydrogen-bond donors (Lipinski definition) is 3. The lowest BCUT2D eigenvalue weighted by atomic mass is 10.0. The zero-order valence-corrected chi connectivity index (χ0v) is 86.0. The van der Waals surface area contributed by atoms with Crippen LogP contribution in [0.15, 0.2) is 146 Å². The minimum Gasteiger partial charge on any atom is -0.748 e. The Morgan fingerprint density at radius 3 is 0.680 bits per heavy atom. The summed E-state index contributed by atoms with van der Waals surface area (Å²) in [5.41, 5.74) is 6.66. The van der Waals surface area contributed by atoms with Gasteiger partial charge in [0.1, 0.15) is 85.2 Å².